The van der Waals surface area contributed by atoms with Gasteiger partial charge in [0.1, 0.15) is 6.17 Å². The highest BCUT2D eigenvalue weighted by molar-refractivity contribution is 4.95. The van der Waals surface area contributed by atoms with Gasteiger partial charge in [0.05, 0.1) is 0 Å². The fraction of sp³-hybridized carbons (Fsp3) is 0.917. The molecule has 0 bridgehead atoms. The van der Waals surface area contributed by atoms with Crippen LogP contribution in [0.15, 0.2) is 12.4 Å². The summed E-state index contributed by atoms with van der Waals surface area (Å²) in [5, 5.41) is 0. The SMILES string of the molecule is CCCCCCCCCCCCC1N(C)C=CN1CCCCCCCC. The van der Waals surface area contributed by atoms with Crippen LogP contribution in [-0.4, -0.2) is 29.6 Å². The number of unbranched alkanes of at least 4 members (excludes halogenated alkanes) is 14. The van der Waals surface area contributed by atoms with Crippen LogP contribution in [-0.2, 0) is 0 Å². The lowest BCUT2D eigenvalue weighted by Crippen LogP contribution is -2.37. The summed E-state index contributed by atoms with van der Waals surface area (Å²) >= 11 is 0. The van der Waals surface area contributed by atoms with E-state index in [2.05, 4.69) is 43.1 Å². The van der Waals surface area contributed by atoms with Crippen molar-refractivity contribution in [2.45, 2.75) is 129 Å². The average Bonchev–Trinajstić information content (AvgIpc) is 2.99. The van der Waals surface area contributed by atoms with Crippen LogP contribution in [0.25, 0.3) is 0 Å². The molecule has 0 aliphatic carbocycles. The fourth-order valence-corrected chi connectivity index (χ4v) is 4.11. The van der Waals surface area contributed by atoms with Crippen LogP contribution < -0.4 is 0 Å². The molecule has 154 valence electrons. The lowest BCUT2D eigenvalue weighted by Gasteiger charge is -2.30. The van der Waals surface area contributed by atoms with Crippen molar-refractivity contribution < 1.29 is 0 Å². The van der Waals surface area contributed by atoms with Crippen molar-refractivity contribution in [1.29, 1.82) is 0 Å². The lowest BCUT2D eigenvalue weighted by molar-refractivity contribution is 0.159. The minimum atomic E-state index is 0.625. The Bertz CT molecular complexity index is 326. The van der Waals surface area contributed by atoms with Gasteiger partial charge in [-0.25, -0.2) is 0 Å². The van der Waals surface area contributed by atoms with E-state index in [9.17, 15) is 0 Å². The number of rotatable bonds is 18. The zero-order chi connectivity index (χ0) is 18.9. The Labute approximate surface area is 165 Å². The zero-order valence-corrected chi connectivity index (χ0v) is 18.4. The van der Waals surface area contributed by atoms with E-state index in [1.807, 2.05) is 0 Å². The second-order valence-electron chi connectivity index (χ2n) is 8.42. The van der Waals surface area contributed by atoms with Crippen LogP contribution in [0.2, 0.25) is 0 Å². The molecule has 1 aliphatic heterocycles. The lowest BCUT2D eigenvalue weighted by atomic mass is 10.0. The van der Waals surface area contributed by atoms with Gasteiger partial charge in [-0.2, -0.15) is 0 Å². The van der Waals surface area contributed by atoms with Crippen molar-refractivity contribution in [3.8, 4) is 0 Å². The third-order valence-corrected chi connectivity index (χ3v) is 5.93. The second kappa shape index (κ2) is 16.5. The van der Waals surface area contributed by atoms with Crippen LogP contribution in [0.3, 0.4) is 0 Å². The summed E-state index contributed by atoms with van der Waals surface area (Å²) in [5.74, 6) is 0. The van der Waals surface area contributed by atoms with Crippen molar-refractivity contribution in [3.05, 3.63) is 12.4 Å². The van der Waals surface area contributed by atoms with Gasteiger partial charge in [0, 0.05) is 26.0 Å². The van der Waals surface area contributed by atoms with E-state index in [1.165, 1.54) is 116 Å². The molecule has 0 amide bonds. The quantitative estimate of drug-likeness (QED) is 0.230. The first-order valence-electron chi connectivity index (χ1n) is 12.0. The van der Waals surface area contributed by atoms with Crippen molar-refractivity contribution in [2.75, 3.05) is 13.6 Å². The highest BCUT2D eigenvalue weighted by Gasteiger charge is 2.22. The van der Waals surface area contributed by atoms with Crippen molar-refractivity contribution >= 4 is 0 Å². The predicted octanol–water partition coefficient (Wildman–Crippen LogP) is 7.70. The molecule has 0 radical (unpaired) electrons. The molecule has 0 spiro atoms. The van der Waals surface area contributed by atoms with E-state index < -0.39 is 0 Å². The van der Waals surface area contributed by atoms with Gasteiger partial charge in [0.2, 0.25) is 0 Å². The zero-order valence-electron chi connectivity index (χ0n) is 18.4. The minimum Gasteiger partial charge on any atom is -0.359 e. The van der Waals surface area contributed by atoms with Gasteiger partial charge in [0.15, 0.2) is 0 Å². The van der Waals surface area contributed by atoms with E-state index in [-0.39, 0.29) is 0 Å². The van der Waals surface area contributed by atoms with Crippen LogP contribution in [0, 0.1) is 0 Å². The van der Waals surface area contributed by atoms with Gasteiger partial charge in [0.25, 0.3) is 0 Å². The standard InChI is InChI=1S/C24H48N2/c1-4-6-8-10-12-13-14-15-16-18-20-24-25(3)22-23-26(24)21-19-17-11-9-7-5-2/h22-24H,4-21H2,1-3H3. The number of nitrogens with zero attached hydrogens (tertiary/aromatic N) is 2. The Kier molecular flexibility index (Phi) is 14.8. The molecule has 1 atom stereocenters. The Morgan fingerprint density at radius 1 is 0.577 bits per heavy atom. The molecule has 0 saturated carbocycles. The average molecular weight is 365 g/mol. The van der Waals surface area contributed by atoms with Gasteiger partial charge in [-0.3, -0.25) is 0 Å². The number of hydrogen-bond acceptors (Lipinski definition) is 2. The number of hydrogen-bond donors (Lipinski definition) is 0. The van der Waals surface area contributed by atoms with Gasteiger partial charge < -0.3 is 9.80 Å². The van der Waals surface area contributed by atoms with Crippen LogP contribution in [0.1, 0.15) is 123 Å². The van der Waals surface area contributed by atoms with E-state index in [0.717, 1.165) is 0 Å². The summed E-state index contributed by atoms with van der Waals surface area (Å²) in [6, 6.07) is 0. The molecule has 1 rings (SSSR count). The molecule has 1 heterocycles. The Morgan fingerprint density at radius 2 is 1.04 bits per heavy atom. The van der Waals surface area contributed by atoms with Crippen molar-refractivity contribution in [3.63, 3.8) is 0 Å². The summed E-state index contributed by atoms with van der Waals surface area (Å²) in [4.78, 5) is 5.01. The molecule has 1 unspecified atom stereocenters. The largest absolute Gasteiger partial charge is 0.359 e. The first-order valence-corrected chi connectivity index (χ1v) is 12.0. The summed E-state index contributed by atoms with van der Waals surface area (Å²) in [6.45, 7) is 5.84. The highest BCUT2D eigenvalue weighted by Crippen LogP contribution is 2.21. The third kappa shape index (κ3) is 11.1. The molecule has 0 aromatic heterocycles. The summed E-state index contributed by atoms with van der Waals surface area (Å²) in [7, 11) is 2.25. The monoisotopic (exact) mass is 364 g/mol. The van der Waals surface area contributed by atoms with E-state index >= 15 is 0 Å². The summed E-state index contributed by atoms with van der Waals surface area (Å²) < 4.78 is 0. The molecule has 0 aromatic rings. The molecule has 1 aliphatic rings. The molecule has 0 saturated heterocycles. The maximum Gasteiger partial charge on any atom is 0.100 e. The maximum atomic E-state index is 2.59. The van der Waals surface area contributed by atoms with Gasteiger partial charge in [-0.15, -0.1) is 0 Å². The molecule has 2 heteroatoms. The van der Waals surface area contributed by atoms with Crippen LogP contribution in [0.5, 0.6) is 0 Å². The van der Waals surface area contributed by atoms with Crippen molar-refractivity contribution in [2.24, 2.45) is 0 Å². The molecular weight excluding hydrogens is 316 g/mol. The van der Waals surface area contributed by atoms with E-state index in [4.69, 9.17) is 0 Å². The summed E-state index contributed by atoms with van der Waals surface area (Å²) in [5.41, 5.74) is 0. The molecule has 26 heavy (non-hydrogen) atoms. The van der Waals surface area contributed by atoms with Crippen LogP contribution >= 0.6 is 0 Å². The first-order chi connectivity index (χ1) is 12.8. The second-order valence-corrected chi connectivity index (χ2v) is 8.42. The van der Waals surface area contributed by atoms with Gasteiger partial charge >= 0.3 is 0 Å². The first kappa shape index (κ1) is 23.4. The molecular formula is C24H48N2. The summed E-state index contributed by atoms with van der Waals surface area (Å²) in [6.07, 6.45) is 29.2. The third-order valence-electron chi connectivity index (χ3n) is 5.93. The topological polar surface area (TPSA) is 6.48 Å². The normalized spacial score (nSPS) is 16.8. The van der Waals surface area contributed by atoms with E-state index in [0.29, 0.717) is 6.17 Å². The minimum absolute atomic E-state index is 0.625. The molecule has 0 N–H and O–H groups in total. The Morgan fingerprint density at radius 3 is 1.58 bits per heavy atom. The van der Waals surface area contributed by atoms with E-state index in [1.54, 1.807) is 0 Å². The smallest absolute Gasteiger partial charge is 0.100 e. The molecule has 0 aromatic carbocycles. The highest BCUT2D eigenvalue weighted by atomic mass is 15.4. The molecule has 0 fully saturated rings. The van der Waals surface area contributed by atoms with Gasteiger partial charge in [-0.05, 0) is 19.3 Å². The Hall–Kier alpha value is -0.660. The van der Waals surface area contributed by atoms with Crippen LogP contribution in [0.4, 0.5) is 0 Å². The van der Waals surface area contributed by atoms with Crippen molar-refractivity contribution in [1.82, 2.24) is 9.80 Å². The molecule has 2 nitrogen and oxygen atoms in total. The predicted molar refractivity (Wildman–Crippen MR) is 117 cm³/mol. The Balaban J connectivity index is 2.00. The maximum absolute atomic E-state index is 2.59. The van der Waals surface area contributed by atoms with Gasteiger partial charge in [-0.1, -0.05) is 104 Å². The fourth-order valence-electron chi connectivity index (χ4n) is 4.11.